The molecule has 6 rings (SSSR count). The zero-order valence-corrected chi connectivity index (χ0v) is 20.8. The first-order valence-corrected chi connectivity index (χ1v) is 12.4. The summed E-state index contributed by atoms with van der Waals surface area (Å²) in [6, 6.07) is 21.0. The van der Waals surface area contributed by atoms with Crippen LogP contribution in [0.1, 0.15) is 23.6 Å². The molecule has 2 atom stereocenters. The minimum atomic E-state index is -0.768. The molecule has 3 heterocycles. The molecule has 0 spiro atoms. The second-order valence-corrected chi connectivity index (χ2v) is 9.58. The molecule has 5 aromatic rings. The summed E-state index contributed by atoms with van der Waals surface area (Å²) in [5.74, 6) is -0.736. The maximum atomic E-state index is 11.2. The Labute approximate surface area is 223 Å². The number of rotatable bonds is 7. The van der Waals surface area contributed by atoms with Gasteiger partial charge in [-0.25, -0.2) is 9.97 Å². The van der Waals surface area contributed by atoms with E-state index in [1.54, 1.807) is 12.4 Å². The van der Waals surface area contributed by atoms with Gasteiger partial charge in [0.05, 0.1) is 27.8 Å². The van der Waals surface area contributed by atoms with Crippen molar-refractivity contribution in [2.75, 3.05) is 5.73 Å². The van der Waals surface area contributed by atoms with Crippen LogP contribution in [0, 0.1) is 5.92 Å². The van der Waals surface area contributed by atoms with Crippen molar-refractivity contribution in [2.24, 2.45) is 5.92 Å². The van der Waals surface area contributed by atoms with Crippen molar-refractivity contribution in [3.8, 4) is 28.4 Å². The van der Waals surface area contributed by atoms with Gasteiger partial charge in [-0.2, -0.15) is 0 Å². The molecule has 1 aliphatic rings. The molecule has 1 aliphatic carbocycles. The summed E-state index contributed by atoms with van der Waals surface area (Å²) in [6.07, 6.45) is 4.05. The Morgan fingerprint density at radius 1 is 1.00 bits per heavy atom. The number of halogens is 1. The molecule has 0 aliphatic heterocycles. The highest BCUT2D eigenvalue weighted by molar-refractivity contribution is 6.35. The Hall–Kier alpha value is -4.56. The van der Waals surface area contributed by atoms with Crippen molar-refractivity contribution in [2.45, 2.75) is 18.9 Å². The van der Waals surface area contributed by atoms with Crippen LogP contribution in [-0.4, -0.2) is 31.0 Å². The van der Waals surface area contributed by atoms with E-state index in [9.17, 15) is 4.79 Å². The Morgan fingerprint density at radius 2 is 1.82 bits per heavy atom. The first kappa shape index (κ1) is 23.8. The number of carbonyl (C=O) groups is 1. The number of carboxylic acid groups (broad SMARTS) is 1. The average molecular weight is 524 g/mol. The molecule has 188 valence electrons. The predicted molar refractivity (Wildman–Crippen MR) is 145 cm³/mol. The monoisotopic (exact) mass is 523 g/mol. The van der Waals surface area contributed by atoms with Gasteiger partial charge in [0.2, 0.25) is 0 Å². The van der Waals surface area contributed by atoms with Crippen molar-refractivity contribution < 1.29 is 14.6 Å². The number of hydrogen-bond acceptors (Lipinski definition) is 7. The predicted octanol–water partition coefficient (Wildman–Crippen LogP) is 5.76. The molecule has 0 saturated heterocycles. The first-order chi connectivity index (χ1) is 18.5. The van der Waals surface area contributed by atoms with Gasteiger partial charge in [-0.05, 0) is 42.2 Å². The third-order valence-electron chi connectivity index (χ3n) is 6.61. The van der Waals surface area contributed by atoms with Crippen LogP contribution in [0.5, 0.6) is 5.88 Å². The summed E-state index contributed by atoms with van der Waals surface area (Å²) < 4.78 is 5.97. The quantitative estimate of drug-likeness (QED) is 0.276. The van der Waals surface area contributed by atoms with Gasteiger partial charge in [0, 0.05) is 28.9 Å². The number of fused-ring (bicyclic) bond motifs is 1. The maximum Gasteiger partial charge on any atom is 0.307 e. The number of benzene rings is 2. The number of aromatic nitrogens is 4. The standard InChI is InChI=1S/C29H22ClN5O3/c30-23-12-19(11-17-7-4-10-32-24(17)23)26-25(16-5-2-1-3-6-16)34-27(31)28(35-26)38-15-20-9-8-18(14-33-20)21-13-22(21)29(36)37/h1-12,14,21-22H,13,15H2,(H2,31,34)(H,36,37). The molecular weight excluding hydrogens is 502 g/mol. The lowest BCUT2D eigenvalue weighted by molar-refractivity contribution is -0.138. The molecule has 2 aromatic carbocycles. The zero-order valence-electron chi connectivity index (χ0n) is 20.1. The van der Waals surface area contributed by atoms with Crippen molar-refractivity contribution in [1.82, 2.24) is 19.9 Å². The minimum Gasteiger partial charge on any atom is -0.481 e. The van der Waals surface area contributed by atoms with E-state index in [0.717, 1.165) is 22.1 Å². The van der Waals surface area contributed by atoms with E-state index in [2.05, 4.69) is 15.0 Å². The van der Waals surface area contributed by atoms with Crippen LogP contribution in [0.15, 0.2) is 79.1 Å². The lowest BCUT2D eigenvalue weighted by Gasteiger charge is -2.14. The van der Waals surface area contributed by atoms with Crippen LogP contribution < -0.4 is 10.5 Å². The van der Waals surface area contributed by atoms with Gasteiger partial charge in [-0.1, -0.05) is 54.1 Å². The van der Waals surface area contributed by atoms with E-state index in [4.69, 9.17) is 32.2 Å². The zero-order chi connectivity index (χ0) is 26.2. The molecule has 1 fully saturated rings. The molecule has 0 amide bonds. The van der Waals surface area contributed by atoms with Gasteiger partial charge in [0.15, 0.2) is 5.82 Å². The van der Waals surface area contributed by atoms with Crippen molar-refractivity contribution >= 4 is 34.3 Å². The van der Waals surface area contributed by atoms with E-state index in [1.165, 1.54) is 0 Å². The highest BCUT2D eigenvalue weighted by Gasteiger charge is 2.44. The number of nitrogen functional groups attached to an aromatic ring is 1. The van der Waals surface area contributed by atoms with Gasteiger partial charge in [-0.15, -0.1) is 0 Å². The first-order valence-electron chi connectivity index (χ1n) is 12.1. The molecule has 0 radical (unpaired) electrons. The normalized spacial score (nSPS) is 16.3. The maximum absolute atomic E-state index is 11.2. The SMILES string of the molecule is Nc1nc(-c2ccccc2)c(-c2cc(Cl)c3ncccc3c2)nc1OCc1ccc(C2CC2C(=O)O)cn1. The molecule has 8 nitrogen and oxygen atoms in total. The van der Waals surface area contributed by atoms with E-state index < -0.39 is 5.97 Å². The van der Waals surface area contributed by atoms with Crippen molar-refractivity contribution in [1.29, 1.82) is 0 Å². The number of aliphatic carboxylic acids is 1. The summed E-state index contributed by atoms with van der Waals surface area (Å²) in [6.45, 7) is 0.124. The minimum absolute atomic E-state index is 0.0218. The highest BCUT2D eigenvalue weighted by Crippen LogP contribution is 2.47. The number of hydrogen-bond donors (Lipinski definition) is 2. The van der Waals surface area contributed by atoms with Crippen LogP contribution in [0.25, 0.3) is 33.4 Å². The summed E-state index contributed by atoms with van der Waals surface area (Å²) in [4.78, 5) is 29.4. The molecule has 2 unspecified atom stereocenters. The van der Waals surface area contributed by atoms with E-state index in [-0.39, 0.29) is 30.1 Å². The van der Waals surface area contributed by atoms with Gasteiger partial charge >= 0.3 is 5.97 Å². The Kier molecular flexibility index (Phi) is 6.09. The summed E-state index contributed by atoms with van der Waals surface area (Å²) in [5.41, 5.74) is 11.4. The van der Waals surface area contributed by atoms with Crippen LogP contribution in [0.4, 0.5) is 5.82 Å². The van der Waals surface area contributed by atoms with Gasteiger partial charge in [-0.3, -0.25) is 14.8 Å². The fourth-order valence-electron chi connectivity index (χ4n) is 4.54. The highest BCUT2D eigenvalue weighted by atomic mass is 35.5. The number of nitrogens with zero attached hydrogens (tertiary/aromatic N) is 4. The number of anilines is 1. The third-order valence-corrected chi connectivity index (χ3v) is 6.90. The van der Waals surface area contributed by atoms with Gasteiger partial charge in [0.1, 0.15) is 12.3 Å². The van der Waals surface area contributed by atoms with Crippen LogP contribution in [0.2, 0.25) is 5.02 Å². The van der Waals surface area contributed by atoms with E-state index >= 15 is 0 Å². The number of nitrogens with two attached hydrogens (primary N) is 1. The molecule has 3 N–H and O–H groups in total. The lowest BCUT2D eigenvalue weighted by atomic mass is 10.0. The Morgan fingerprint density at radius 3 is 2.55 bits per heavy atom. The average Bonchev–Trinajstić information content (AvgIpc) is 3.75. The molecule has 0 bridgehead atoms. The summed E-state index contributed by atoms with van der Waals surface area (Å²) in [7, 11) is 0. The van der Waals surface area contributed by atoms with Crippen LogP contribution >= 0.6 is 11.6 Å². The number of pyridine rings is 2. The van der Waals surface area contributed by atoms with Crippen LogP contribution in [-0.2, 0) is 11.4 Å². The lowest BCUT2D eigenvalue weighted by Crippen LogP contribution is -2.07. The number of carboxylic acids is 1. The fraction of sp³-hybridized carbons (Fsp3) is 0.138. The molecule has 3 aromatic heterocycles. The third kappa shape index (κ3) is 4.62. The smallest absolute Gasteiger partial charge is 0.307 e. The largest absolute Gasteiger partial charge is 0.481 e. The molecule has 9 heteroatoms. The topological polar surface area (TPSA) is 124 Å². The second kappa shape index (κ2) is 9.72. The Balaban J connectivity index is 1.33. The van der Waals surface area contributed by atoms with Gasteiger partial charge < -0.3 is 15.6 Å². The summed E-state index contributed by atoms with van der Waals surface area (Å²) in [5, 5.41) is 10.5. The second-order valence-electron chi connectivity index (χ2n) is 9.17. The van der Waals surface area contributed by atoms with Crippen LogP contribution in [0.3, 0.4) is 0 Å². The molecule has 38 heavy (non-hydrogen) atoms. The molecule has 1 saturated carbocycles. The molecular formula is C29H22ClN5O3. The van der Waals surface area contributed by atoms with Gasteiger partial charge in [0.25, 0.3) is 5.88 Å². The van der Waals surface area contributed by atoms with E-state index in [0.29, 0.717) is 34.0 Å². The number of ether oxygens (including phenoxy) is 1. The fourth-order valence-corrected chi connectivity index (χ4v) is 4.82. The van der Waals surface area contributed by atoms with Crippen molar-refractivity contribution in [3.05, 3.63) is 95.4 Å². The van der Waals surface area contributed by atoms with Crippen molar-refractivity contribution in [3.63, 3.8) is 0 Å². The van der Waals surface area contributed by atoms with E-state index in [1.807, 2.05) is 66.7 Å². The Bertz CT molecular complexity index is 1660. The summed E-state index contributed by atoms with van der Waals surface area (Å²) >= 11 is 6.58.